The molecule has 0 saturated carbocycles. The number of ether oxygens (including phenoxy) is 3. The van der Waals surface area contributed by atoms with Crippen molar-refractivity contribution in [3.05, 3.63) is 53.6 Å². The zero-order valence-electron chi connectivity index (χ0n) is 18.5. The van der Waals surface area contributed by atoms with E-state index in [0.29, 0.717) is 25.7 Å². The summed E-state index contributed by atoms with van der Waals surface area (Å²) in [6.07, 6.45) is 1.81. The summed E-state index contributed by atoms with van der Waals surface area (Å²) in [4.78, 5) is 6.55. The summed E-state index contributed by atoms with van der Waals surface area (Å²) in [5.41, 5.74) is 8.21. The van der Waals surface area contributed by atoms with Crippen molar-refractivity contribution in [3.8, 4) is 17.2 Å². The number of benzene rings is 2. The van der Waals surface area contributed by atoms with E-state index in [9.17, 15) is 0 Å². The lowest BCUT2D eigenvalue weighted by atomic mass is 10.1. The molecule has 0 aliphatic carbocycles. The molecule has 3 N–H and O–H groups in total. The molecular weight excluding hydrogens is 380 g/mol. The van der Waals surface area contributed by atoms with E-state index >= 15 is 0 Å². The van der Waals surface area contributed by atoms with Crippen LogP contribution in [0.2, 0.25) is 0 Å². The van der Waals surface area contributed by atoms with Crippen LogP contribution in [0.1, 0.15) is 17.5 Å². The third kappa shape index (κ3) is 8.21. The number of aliphatic imine (C=N–C) groups is 1. The van der Waals surface area contributed by atoms with E-state index in [4.69, 9.17) is 19.9 Å². The molecule has 0 unspecified atom stereocenters. The van der Waals surface area contributed by atoms with E-state index in [1.165, 1.54) is 0 Å². The quantitative estimate of drug-likeness (QED) is 0.316. The van der Waals surface area contributed by atoms with Crippen LogP contribution in [0.5, 0.6) is 17.2 Å². The molecule has 0 radical (unpaired) electrons. The molecular formula is C23H34N4O3. The maximum atomic E-state index is 5.99. The van der Waals surface area contributed by atoms with Crippen LogP contribution in [0.3, 0.4) is 0 Å². The normalized spacial score (nSPS) is 11.4. The molecule has 0 aliphatic heterocycles. The third-order valence-electron chi connectivity index (χ3n) is 4.54. The lowest BCUT2D eigenvalue weighted by Crippen LogP contribution is -2.33. The second kappa shape index (κ2) is 12.6. The van der Waals surface area contributed by atoms with Crippen molar-refractivity contribution in [1.29, 1.82) is 0 Å². The molecule has 0 bridgehead atoms. The van der Waals surface area contributed by atoms with Crippen molar-refractivity contribution in [2.24, 2.45) is 10.7 Å². The van der Waals surface area contributed by atoms with Crippen LogP contribution in [0.25, 0.3) is 0 Å². The van der Waals surface area contributed by atoms with Crippen LogP contribution in [-0.2, 0) is 13.0 Å². The summed E-state index contributed by atoms with van der Waals surface area (Å²) in [5.74, 6) is 2.75. The summed E-state index contributed by atoms with van der Waals surface area (Å²) >= 11 is 0. The Balaban J connectivity index is 1.73. The minimum atomic E-state index is 0.430. The third-order valence-corrected chi connectivity index (χ3v) is 4.54. The van der Waals surface area contributed by atoms with Crippen LogP contribution < -0.4 is 25.3 Å². The number of guanidine groups is 1. The fourth-order valence-electron chi connectivity index (χ4n) is 2.87. The molecule has 7 nitrogen and oxygen atoms in total. The van der Waals surface area contributed by atoms with Crippen LogP contribution in [0.4, 0.5) is 0 Å². The fourth-order valence-corrected chi connectivity index (χ4v) is 2.87. The average Bonchev–Trinajstić information content (AvgIpc) is 2.75. The van der Waals surface area contributed by atoms with Crippen molar-refractivity contribution in [1.82, 2.24) is 10.2 Å². The highest BCUT2D eigenvalue weighted by atomic mass is 16.5. The Morgan fingerprint density at radius 2 is 1.70 bits per heavy atom. The first-order valence-corrected chi connectivity index (χ1v) is 10.1. The molecule has 7 heteroatoms. The SMILES string of the molecule is COc1ccc(CCNC(N)=NCc2ccc(OCCCN(C)C)cc2)cc1OC. The first-order chi connectivity index (χ1) is 14.5. The zero-order valence-corrected chi connectivity index (χ0v) is 18.5. The summed E-state index contributed by atoms with van der Waals surface area (Å²) in [7, 11) is 7.38. The summed E-state index contributed by atoms with van der Waals surface area (Å²) in [5, 5.41) is 3.15. The monoisotopic (exact) mass is 414 g/mol. The van der Waals surface area contributed by atoms with Crippen LogP contribution in [0, 0.1) is 0 Å². The molecule has 2 aromatic rings. The second-order valence-electron chi connectivity index (χ2n) is 7.22. The molecule has 2 aromatic carbocycles. The average molecular weight is 415 g/mol. The largest absolute Gasteiger partial charge is 0.494 e. The van der Waals surface area contributed by atoms with Crippen molar-refractivity contribution >= 4 is 5.96 Å². The van der Waals surface area contributed by atoms with Gasteiger partial charge in [0.05, 0.1) is 27.4 Å². The Morgan fingerprint density at radius 1 is 1.00 bits per heavy atom. The lowest BCUT2D eigenvalue weighted by Gasteiger charge is -2.11. The van der Waals surface area contributed by atoms with Gasteiger partial charge >= 0.3 is 0 Å². The Kier molecular flexibility index (Phi) is 9.80. The molecule has 2 rings (SSSR count). The van der Waals surface area contributed by atoms with Crippen molar-refractivity contribution in [2.45, 2.75) is 19.4 Å². The van der Waals surface area contributed by atoms with Gasteiger partial charge in [-0.1, -0.05) is 18.2 Å². The van der Waals surface area contributed by atoms with Crippen LogP contribution in [-0.4, -0.2) is 58.9 Å². The second-order valence-corrected chi connectivity index (χ2v) is 7.22. The highest BCUT2D eigenvalue weighted by Gasteiger charge is 2.04. The topological polar surface area (TPSA) is 81.3 Å². The molecule has 30 heavy (non-hydrogen) atoms. The van der Waals surface area contributed by atoms with Gasteiger partial charge in [0.25, 0.3) is 0 Å². The number of methoxy groups -OCH3 is 2. The molecule has 0 saturated heterocycles. The smallest absolute Gasteiger partial charge is 0.188 e. The van der Waals surface area contributed by atoms with Gasteiger partial charge in [-0.2, -0.15) is 0 Å². The summed E-state index contributed by atoms with van der Waals surface area (Å²) < 4.78 is 16.3. The molecule has 0 amide bonds. The fraction of sp³-hybridized carbons (Fsp3) is 0.435. The molecule has 0 atom stereocenters. The van der Waals surface area contributed by atoms with E-state index in [2.05, 4.69) is 29.3 Å². The highest BCUT2D eigenvalue weighted by molar-refractivity contribution is 5.77. The minimum Gasteiger partial charge on any atom is -0.494 e. The van der Waals surface area contributed by atoms with Crippen molar-refractivity contribution in [2.75, 3.05) is 48.0 Å². The summed E-state index contributed by atoms with van der Waals surface area (Å²) in [6, 6.07) is 13.9. The Bertz CT molecular complexity index is 792. The van der Waals surface area contributed by atoms with Crippen molar-refractivity contribution < 1.29 is 14.2 Å². The molecule has 0 spiro atoms. The predicted molar refractivity (Wildman–Crippen MR) is 122 cm³/mol. The maximum absolute atomic E-state index is 5.99. The number of rotatable bonds is 12. The standard InChI is InChI=1S/C23H34N4O3/c1-27(2)14-5-15-30-20-9-6-19(7-10-20)17-26-23(24)25-13-12-18-8-11-21(28-3)22(16-18)29-4/h6-11,16H,5,12-15,17H2,1-4H3,(H3,24,25,26). The number of hydrogen-bond acceptors (Lipinski definition) is 5. The number of nitrogens with one attached hydrogen (secondary N) is 1. The van der Waals surface area contributed by atoms with Crippen LogP contribution >= 0.6 is 0 Å². The predicted octanol–water partition coefficient (Wildman–Crippen LogP) is 2.68. The molecule has 0 aromatic heterocycles. The van der Waals surface area contributed by atoms with Gasteiger partial charge in [0.1, 0.15) is 5.75 Å². The van der Waals surface area contributed by atoms with E-state index < -0.39 is 0 Å². The first-order valence-electron chi connectivity index (χ1n) is 10.1. The van der Waals surface area contributed by atoms with E-state index in [1.54, 1.807) is 14.2 Å². The highest BCUT2D eigenvalue weighted by Crippen LogP contribution is 2.27. The Labute approximate surface area is 179 Å². The van der Waals surface area contributed by atoms with Gasteiger partial charge in [-0.05, 0) is 62.3 Å². The van der Waals surface area contributed by atoms with Gasteiger partial charge in [0.2, 0.25) is 0 Å². The number of hydrogen-bond donors (Lipinski definition) is 2. The van der Waals surface area contributed by atoms with Gasteiger partial charge in [-0.15, -0.1) is 0 Å². The minimum absolute atomic E-state index is 0.430. The molecule has 0 fully saturated rings. The first kappa shape index (κ1) is 23.3. The Morgan fingerprint density at radius 3 is 2.37 bits per heavy atom. The van der Waals surface area contributed by atoms with E-state index in [0.717, 1.165) is 47.8 Å². The number of nitrogens with two attached hydrogens (primary N) is 1. The van der Waals surface area contributed by atoms with E-state index in [1.807, 2.05) is 42.5 Å². The molecule has 164 valence electrons. The summed E-state index contributed by atoms with van der Waals surface area (Å²) in [6.45, 7) is 2.94. The van der Waals surface area contributed by atoms with Gasteiger partial charge < -0.3 is 30.2 Å². The van der Waals surface area contributed by atoms with Crippen molar-refractivity contribution in [3.63, 3.8) is 0 Å². The van der Waals surface area contributed by atoms with Gasteiger partial charge in [0.15, 0.2) is 17.5 Å². The zero-order chi connectivity index (χ0) is 21.8. The maximum Gasteiger partial charge on any atom is 0.188 e. The van der Waals surface area contributed by atoms with Crippen LogP contribution in [0.15, 0.2) is 47.5 Å². The van der Waals surface area contributed by atoms with Gasteiger partial charge in [-0.25, -0.2) is 4.99 Å². The molecule has 0 aliphatic rings. The Hall–Kier alpha value is -2.93. The van der Waals surface area contributed by atoms with Gasteiger partial charge in [0, 0.05) is 13.1 Å². The lowest BCUT2D eigenvalue weighted by molar-refractivity contribution is 0.281. The van der Waals surface area contributed by atoms with Gasteiger partial charge in [-0.3, -0.25) is 0 Å². The number of nitrogens with zero attached hydrogens (tertiary/aromatic N) is 2. The molecule has 0 heterocycles. The van der Waals surface area contributed by atoms with E-state index in [-0.39, 0.29) is 0 Å².